The SMILES string of the molecule is [2H]C([2H])([2H])c1cc(-c2c(-c3ccccc3)cccc2C(C)(C)C)ccc1-n1c(-c2cc(C)cc(C(C)(C)C)c2O)nc2c(-c3[c-]c(-c4cc(-c5ccc(C)cc5)ccn4)cc(C(C)(C)C)c3)cccc21.[Pt]. The molecule has 2 heterocycles. The van der Waals surface area contributed by atoms with E-state index in [0.717, 1.165) is 78.0 Å². The van der Waals surface area contributed by atoms with Crippen molar-refractivity contribution < 1.29 is 30.3 Å². The van der Waals surface area contributed by atoms with E-state index in [-0.39, 0.29) is 43.2 Å². The number of pyridine rings is 1. The van der Waals surface area contributed by atoms with Crippen molar-refractivity contribution in [1.29, 1.82) is 0 Å². The molecule has 0 aliphatic carbocycles. The minimum atomic E-state index is -2.55. The number of aromatic hydroxyl groups is 1. The Kier molecular flexibility index (Phi) is 11.9. The number of benzene rings is 7. The van der Waals surface area contributed by atoms with Crippen molar-refractivity contribution in [2.45, 2.75) is 99.3 Å². The van der Waals surface area contributed by atoms with Gasteiger partial charge in [0.05, 0.1) is 22.3 Å². The summed E-state index contributed by atoms with van der Waals surface area (Å²) in [5.41, 5.74) is 16.1. The summed E-state index contributed by atoms with van der Waals surface area (Å²) in [7, 11) is 0. The van der Waals surface area contributed by atoms with Gasteiger partial charge in [-0.25, -0.2) is 4.98 Å². The van der Waals surface area contributed by atoms with E-state index in [1.54, 1.807) is 0 Å². The number of phenolic OH excluding ortho intramolecular Hbond substituents is 1. The number of fused-ring (bicyclic) bond motifs is 1. The van der Waals surface area contributed by atoms with E-state index in [1.165, 1.54) is 5.56 Å². The Morgan fingerprint density at radius 1 is 0.559 bits per heavy atom. The van der Waals surface area contributed by atoms with Crippen LogP contribution in [0.1, 0.15) is 99.8 Å². The third-order valence-electron chi connectivity index (χ3n) is 12.9. The first kappa shape index (κ1) is 44.2. The van der Waals surface area contributed by atoms with Gasteiger partial charge in [-0.3, -0.25) is 9.55 Å². The van der Waals surface area contributed by atoms with Crippen molar-refractivity contribution in [2.24, 2.45) is 0 Å². The molecule has 7 aromatic carbocycles. The largest absolute Gasteiger partial charge is 0.507 e. The molecule has 0 saturated carbocycles. The standard InChI is InChI=1S/C63H62N3O.Pt/c1-39-24-26-42(27-25-39)44-30-31-64-54(38-44)47-35-46(36-48(37-47)61(4,5)6)50-21-17-23-56-58(50)65-60(51-32-40(2)33-53(59(51)67)63(10,11)12)66(56)55-29-28-45(34-41(55)3)57-49(43-18-14-13-15-19-43)20-16-22-52(57)62(7,8)9;/h13-34,36-38,67H,1-12H3;/q-1;/i3D3;. The molecule has 68 heavy (non-hydrogen) atoms. The van der Waals surface area contributed by atoms with Crippen LogP contribution >= 0.6 is 0 Å². The van der Waals surface area contributed by atoms with Gasteiger partial charge in [-0.2, -0.15) is 0 Å². The zero-order valence-corrected chi connectivity index (χ0v) is 43.3. The average molecular weight is 1080 g/mol. The summed E-state index contributed by atoms with van der Waals surface area (Å²) in [4.78, 5) is 10.4. The molecule has 0 amide bonds. The minimum absolute atomic E-state index is 0. The van der Waals surface area contributed by atoms with Crippen molar-refractivity contribution in [2.75, 3.05) is 0 Å². The van der Waals surface area contributed by atoms with Gasteiger partial charge in [0.25, 0.3) is 0 Å². The molecule has 0 radical (unpaired) electrons. The number of hydrogen-bond donors (Lipinski definition) is 1. The van der Waals surface area contributed by atoms with Gasteiger partial charge in [0.2, 0.25) is 0 Å². The zero-order valence-electron chi connectivity index (χ0n) is 44.0. The van der Waals surface area contributed by atoms with Crippen LogP contribution in [0, 0.1) is 26.8 Å². The topological polar surface area (TPSA) is 50.9 Å². The molecule has 0 fully saturated rings. The number of aromatic nitrogens is 3. The van der Waals surface area contributed by atoms with Crippen molar-refractivity contribution >= 4 is 11.0 Å². The van der Waals surface area contributed by atoms with Crippen molar-refractivity contribution in [3.63, 3.8) is 0 Å². The Morgan fingerprint density at radius 3 is 1.93 bits per heavy atom. The summed E-state index contributed by atoms with van der Waals surface area (Å²) in [6, 6.07) is 53.3. The predicted molar refractivity (Wildman–Crippen MR) is 282 cm³/mol. The molecule has 4 nitrogen and oxygen atoms in total. The first-order valence-electron chi connectivity index (χ1n) is 24.8. The monoisotopic (exact) mass is 1070 g/mol. The average Bonchev–Trinajstić information content (AvgIpc) is 3.70. The molecule has 0 atom stereocenters. The van der Waals surface area contributed by atoms with Gasteiger partial charge < -0.3 is 5.11 Å². The fourth-order valence-electron chi connectivity index (χ4n) is 9.28. The van der Waals surface area contributed by atoms with E-state index in [1.807, 2.05) is 84.4 Å². The number of para-hydroxylation sites is 1. The molecule has 1 N–H and O–H groups in total. The van der Waals surface area contributed by atoms with Crippen LogP contribution in [0.3, 0.4) is 0 Å². The summed E-state index contributed by atoms with van der Waals surface area (Å²) < 4.78 is 29.6. The molecule has 0 aliphatic heterocycles. The van der Waals surface area contributed by atoms with E-state index < -0.39 is 12.3 Å². The van der Waals surface area contributed by atoms with Gasteiger partial charge in [-0.15, -0.1) is 29.3 Å². The first-order chi connectivity index (χ1) is 33.0. The van der Waals surface area contributed by atoms with Crippen molar-refractivity contribution in [1.82, 2.24) is 14.5 Å². The van der Waals surface area contributed by atoms with E-state index in [9.17, 15) is 9.22 Å². The molecule has 346 valence electrons. The van der Waals surface area contributed by atoms with E-state index in [4.69, 9.17) is 9.97 Å². The second kappa shape index (κ2) is 18.3. The van der Waals surface area contributed by atoms with Crippen LogP contribution in [0.15, 0.2) is 152 Å². The molecule has 0 unspecified atom stereocenters. The summed E-state index contributed by atoms with van der Waals surface area (Å²) in [6.07, 6.45) is 1.86. The smallest absolute Gasteiger partial charge is 0.148 e. The van der Waals surface area contributed by atoms with Crippen LogP contribution in [0.5, 0.6) is 5.75 Å². The molecule has 0 spiro atoms. The molecular formula is C63H62N3OPt-. The molecular weight excluding hydrogens is 1010 g/mol. The third-order valence-corrected chi connectivity index (χ3v) is 12.9. The molecule has 0 aliphatic rings. The summed E-state index contributed by atoms with van der Waals surface area (Å²) in [5.74, 6) is 0.546. The quantitative estimate of drug-likeness (QED) is 0.162. The fraction of sp³-hybridized carbons (Fsp3) is 0.238. The Labute approximate surface area is 422 Å². The molecule has 9 aromatic rings. The second-order valence-corrected chi connectivity index (χ2v) is 21.2. The Morgan fingerprint density at radius 2 is 1.24 bits per heavy atom. The van der Waals surface area contributed by atoms with Gasteiger partial charge in [-0.1, -0.05) is 182 Å². The number of imidazole rings is 1. The van der Waals surface area contributed by atoms with Crippen LogP contribution in [-0.4, -0.2) is 19.6 Å². The maximum Gasteiger partial charge on any atom is 0.148 e. The van der Waals surface area contributed by atoms with Gasteiger partial charge in [0.1, 0.15) is 11.6 Å². The van der Waals surface area contributed by atoms with E-state index in [0.29, 0.717) is 28.1 Å². The van der Waals surface area contributed by atoms with Crippen LogP contribution in [0.25, 0.3) is 83.9 Å². The summed E-state index contributed by atoms with van der Waals surface area (Å²) in [5, 5.41) is 12.4. The van der Waals surface area contributed by atoms with Crippen LogP contribution < -0.4 is 0 Å². The summed E-state index contributed by atoms with van der Waals surface area (Å²) in [6.45, 7) is 21.0. The van der Waals surface area contributed by atoms with Gasteiger partial charge in [-0.05, 0) is 117 Å². The number of hydrogen-bond acceptors (Lipinski definition) is 3. The molecule has 5 heteroatoms. The van der Waals surface area contributed by atoms with Crippen LogP contribution in [0.4, 0.5) is 0 Å². The fourth-order valence-corrected chi connectivity index (χ4v) is 9.28. The Hall–Kier alpha value is -6.35. The van der Waals surface area contributed by atoms with E-state index in [2.05, 4.69) is 154 Å². The van der Waals surface area contributed by atoms with Crippen molar-refractivity contribution in [3.8, 4) is 78.6 Å². The predicted octanol–water partition coefficient (Wildman–Crippen LogP) is 16.7. The van der Waals surface area contributed by atoms with Crippen molar-refractivity contribution in [3.05, 3.63) is 191 Å². The van der Waals surface area contributed by atoms with Gasteiger partial charge in [0, 0.05) is 42.6 Å². The number of phenols is 1. The van der Waals surface area contributed by atoms with Gasteiger partial charge >= 0.3 is 0 Å². The normalized spacial score (nSPS) is 12.9. The van der Waals surface area contributed by atoms with Crippen LogP contribution in [0.2, 0.25) is 0 Å². The molecule has 0 saturated heterocycles. The Balaban J connectivity index is 0.00000676. The zero-order chi connectivity index (χ0) is 50.1. The third kappa shape index (κ3) is 9.29. The maximum atomic E-state index is 12.4. The number of nitrogens with zero attached hydrogens (tertiary/aromatic N) is 3. The minimum Gasteiger partial charge on any atom is -0.507 e. The van der Waals surface area contributed by atoms with Crippen LogP contribution in [-0.2, 0) is 37.3 Å². The summed E-state index contributed by atoms with van der Waals surface area (Å²) >= 11 is 0. The first-order valence-corrected chi connectivity index (χ1v) is 23.3. The second-order valence-electron chi connectivity index (χ2n) is 21.2. The Bertz CT molecular complexity index is 3440. The molecule has 2 aromatic heterocycles. The number of aryl methyl sites for hydroxylation is 3. The number of rotatable bonds is 7. The van der Waals surface area contributed by atoms with E-state index >= 15 is 0 Å². The van der Waals surface area contributed by atoms with Gasteiger partial charge in [0.15, 0.2) is 0 Å². The maximum absolute atomic E-state index is 12.4. The molecule has 0 bridgehead atoms. The molecule has 9 rings (SSSR count).